The van der Waals surface area contributed by atoms with Crippen molar-refractivity contribution in [3.05, 3.63) is 40.3 Å². The standard InChI is InChI=1S/C13H14N2O2S/c1-9-8-18-13(14-9)7-12(16)15-10-3-5-11(17-2)6-4-10/h3-6,8H,7H2,1-2H3,(H,15,16). The molecule has 1 heterocycles. The predicted molar refractivity (Wildman–Crippen MR) is 72.2 cm³/mol. The van der Waals surface area contributed by atoms with Crippen molar-refractivity contribution < 1.29 is 9.53 Å². The summed E-state index contributed by atoms with van der Waals surface area (Å²) in [6, 6.07) is 7.24. The van der Waals surface area contributed by atoms with Crippen LogP contribution < -0.4 is 10.1 Å². The Kier molecular flexibility index (Phi) is 3.94. The minimum Gasteiger partial charge on any atom is -0.497 e. The smallest absolute Gasteiger partial charge is 0.231 e. The molecule has 5 heteroatoms. The maximum absolute atomic E-state index is 11.8. The first-order valence-electron chi connectivity index (χ1n) is 5.52. The number of nitrogens with one attached hydrogen (secondary N) is 1. The molecule has 0 radical (unpaired) electrons. The van der Waals surface area contributed by atoms with Crippen LogP contribution in [0.4, 0.5) is 5.69 Å². The summed E-state index contributed by atoms with van der Waals surface area (Å²) < 4.78 is 5.05. The van der Waals surface area contributed by atoms with Gasteiger partial charge in [0.1, 0.15) is 10.8 Å². The lowest BCUT2D eigenvalue weighted by atomic mass is 10.3. The lowest BCUT2D eigenvalue weighted by Crippen LogP contribution is -2.14. The zero-order valence-corrected chi connectivity index (χ0v) is 11.1. The first-order chi connectivity index (χ1) is 8.67. The molecule has 0 aliphatic carbocycles. The van der Waals surface area contributed by atoms with E-state index in [9.17, 15) is 4.79 Å². The summed E-state index contributed by atoms with van der Waals surface area (Å²) in [5.41, 5.74) is 1.71. The number of thiazole rings is 1. The molecule has 1 amide bonds. The molecule has 1 aromatic heterocycles. The molecule has 0 aliphatic rings. The number of benzene rings is 1. The van der Waals surface area contributed by atoms with Crippen molar-refractivity contribution >= 4 is 22.9 Å². The zero-order valence-electron chi connectivity index (χ0n) is 10.3. The number of hydrogen-bond acceptors (Lipinski definition) is 4. The van der Waals surface area contributed by atoms with Gasteiger partial charge in [-0.05, 0) is 31.2 Å². The fourth-order valence-corrected chi connectivity index (χ4v) is 2.27. The number of ether oxygens (including phenoxy) is 1. The lowest BCUT2D eigenvalue weighted by molar-refractivity contribution is -0.115. The SMILES string of the molecule is COc1ccc(NC(=O)Cc2nc(C)cs2)cc1. The fourth-order valence-electron chi connectivity index (χ4n) is 1.50. The van der Waals surface area contributed by atoms with Gasteiger partial charge in [-0.25, -0.2) is 4.98 Å². The van der Waals surface area contributed by atoms with E-state index in [0.29, 0.717) is 6.42 Å². The molecular formula is C13H14N2O2S. The van der Waals surface area contributed by atoms with Crippen molar-refractivity contribution in [3.63, 3.8) is 0 Å². The fraction of sp³-hybridized carbons (Fsp3) is 0.231. The van der Waals surface area contributed by atoms with E-state index in [4.69, 9.17) is 4.74 Å². The second kappa shape index (κ2) is 5.64. The summed E-state index contributed by atoms with van der Waals surface area (Å²) in [7, 11) is 1.61. The van der Waals surface area contributed by atoms with Crippen molar-refractivity contribution in [2.24, 2.45) is 0 Å². The van der Waals surface area contributed by atoms with Gasteiger partial charge in [-0.1, -0.05) is 0 Å². The van der Waals surface area contributed by atoms with Gasteiger partial charge in [0, 0.05) is 16.8 Å². The van der Waals surface area contributed by atoms with E-state index in [1.165, 1.54) is 11.3 Å². The molecular weight excluding hydrogens is 248 g/mol. The van der Waals surface area contributed by atoms with Crippen LogP contribution in [-0.4, -0.2) is 18.0 Å². The normalized spacial score (nSPS) is 10.1. The second-order valence-corrected chi connectivity index (χ2v) is 4.78. The maximum Gasteiger partial charge on any atom is 0.231 e. The van der Waals surface area contributed by atoms with Crippen molar-refractivity contribution in [2.75, 3.05) is 12.4 Å². The van der Waals surface area contributed by atoms with Crippen LogP contribution in [0.2, 0.25) is 0 Å². The van der Waals surface area contributed by atoms with Gasteiger partial charge >= 0.3 is 0 Å². The third kappa shape index (κ3) is 3.30. The van der Waals surface area contributed by atoms with Gasteiger partial charge in [0.15, 0.2) is 0 Å². The number of aromatic nitrogens is 1. The Hall–Kier alpha value is -1.88. The van der Waals surface area contributed by atoms with Crippen LogP contribution in [0.15, 0.2) is 29.6 Å². The van der Waals surface area contributed by atoms with Crippen molar-refractivity contribution in [2.45, 2.75) is 13.3 Å². The molecule has 94 valence electrons. The van der Waals surface area contributed by atoms with E-state index >= 15 is 0 Å². The Balaban J connectivity index is 1.94. The second-order valence-electron chi connectivity index (χ2n) is 3.84. The van der Waals surface area contributed by atoms with Crippen LogP contribution in [0.5, 0.6) is 5.75 Å². The molecule has 2 rings (SSSR count). The first kappa shape index (κ1) is 12.6. The van der Waals surface area contributed by atoms with Crippen molar-refractivity contribution in [3.8, 4) is 5.75 Å². The number of nitrogens with zero attached hydrogens (tertiary/aromatic N) is 1. The number of amides is 1. The summed E-state index contributed by atoms with van der Waals surface area (Å²) >= 11 is 1.50. The van der Waals surface area contributed by atoms with E-state index in [2.05, 4.69) is 10.3 Å². The molecule has 0 aliphatic heterocycles. The van der Waals surface area contributed by atoms with Gasteiger partial charge in [0.05, 0.1) is 13.5 Å². The van der Waals surface area contributed by atoms with Gasteiger partial charge in [0.2, 0.25) is 5.91 Å². The third-order valence-electron chi connectivity index (χ3n) is 2.35. The van der Waals surface area contributed by atoms with Crippen molar-refractivity contribution in [1.29, 1.82) is 0 Å². The van der Waals surface area contributed by atoms with Crippen LogP contribution in [-0.2, 0) is 11.2 Å². The van der Waals surface area contributed by atoms with Crippen LogP contribution in [0.1, 0.15) is 10.7 Å². The highest BCUT2D eigenvalue weighted by Gasteiger charge is 2.07. The Morgan fingerprint density at radius 1 is 1.39 bits per heavy atom. The molecule has 1 N–H and O–H groups in total. The summed E-state index contributed by atoms with van der Waals surface area (Å²) in [4.78, 5) is 16.0. The van der Waals surface area contributed by atoms with Crippen LogP contribution >= 0.6 is 11.3 Å². The van der Waals surface area contributed by atoms with E-state index in [1.54, 1.807) is 7.11 Å². The molecule has 0 saturated carbocycles. The number of rotatable bonds is 4. The van der Waals surface area contributed by atoms with E-state index in [1.807, 2.05) is 36.6 Å². The average Bonchev–Trinajstić information content (AvgIpc) is 2.75. The zero-order chi connectivity index (χ0) is 13.0. The molecule has 2 aromatic rings. The van der Waals surface area contributed by atoms with Crippen LogP contribution in [0, 0.1) is 6.92 Å². The molecule has 0 saturated heterocycles. The third-order valence-corrected chi connectivity index (χ3v) is 3.32. The molecule has 0 fully saturated rings. The Morgan fingerprint density at radius 3 is 2.67 bits per heavy atom. The molecule has 1 aromatic carbocycles. The van der Waals surface area contributed by atoms with E-state index in [-0.39, 0.29) is 5.91 Å². The number of carbonyl (C=O) groups is 1. The highest BCUT2D eigenvalue weighted by molar-refractivity contribution is 7.09. The largest absolute Gasteiger partial charge is 0.497 e. The highest BCUT2D eigenvalue weighted by atomic mass is 32.1. The molecule has 0 unspecified atom stereocenters. The quantitative estimate of drug-likeness (QED) is 0.921. The van der Waals surface area contributed by atoms with Crippen LogP contribution in [0.25, 0.3) is 0 Å². The molecule has 4 nitrogen and oxygen atoms in total. The van der Waals surface area contributed by atoms with Gasteiger partial charge in [0.25, 0.3) is 0 Å². The van der Waals surface area contributed by atoms with Gasteiger partial charge < -0.3 is 10.1 Å². The van der Waals surface area contributed by atoms with Gasteiger partial charge in [-0.3, -0.25) is 4.79 Å². The summed E-state index contributed by atoms with van der Waals surface area (Å²) in [5, 5.41) is 5.60. The summed E-state index contributed by atoms with van der Waals surface area (Å²) in [5.74, 6) is 0.707. The number of carbonyl (C=O) groups excluding carboxylic acids is 1. The molecule has 0 atom stereocenters. The minimum atomic E-state index is -0.0606. The Labute approximate surface area is 110 Å². The predicted octanol–water partition coefficient (Wildman–Crippen LogP) is 2.64. The first-order valence-corrected chi connectivity index (χ1v) is 6.40. The van der Waals surface area contributed by atoms with E-state index in [0.717, 1.165) is 22.1 Å². The lowest BCUT2D eigenvalue weighted by Gasteiger charge is -2.05. The number of methoxy groups -OCH3 is 1. The monoisotopic (exact) mass is 262 g/mol. The van der Waals surface area contributed by atoms with Crippen molar-refractivity contribution in [1.82, 2.24) is 4.98 Å². The van der Waals surface area contributed by atoms with Gasteiger partial charge in [-0.15, -0.1) is 11.3 Å². The minimum absolute atomic E-state index is 0.0606. The highest BCUT2D eigenvalue weighted by Crippen LogP contribution is 2.16. The van der Waals surface area contributed by atoms with Gasteiger partial charge in [-0.2, -0.15) is 0 Å². The number of hydrogen-bond donors (Lipinski definition) is 1. The molecule has 0 bridgehead atoms. The van der Waals surface area contributed by atoms with E-state index < -0.39 is 0 Å². The van der Waals surface area contributed by atoms with Crippen LogP contribution in [0.3, 0.4) is 0 Å². The maximum atomic E-state index is 11.8. The summed E-state index contributed by atoms with van der Waals surface area (Å²) in [6.07, 6.45) is 0.310. The number of aryl methyl sites for hydroxylation is 1. The molecule has 18 heavy (non-hydrogen) atoms. The molecule has 0 spiro atoms. The average molecular weight is 262 g/mol. The summed E-state index contributed by atoms with van der Waals surface area (Å²) in [6.45, 7) is 1.92. The Morgan fingerprint density at radius 2 is 2.11 bits per heavy atom. The number of anilines is 1. The topological polar surface area (TPSA) is 51.2 Å². The Bertz CT molecular complexity index is 534.